The maximum absolute atomic E-state index is 11.7. The average Bonchev–Trinajstić information content (AvgIpc) is 2.68. The molecule has 1 aromatic carbocycles. The Hall–Kier alpha value is -1.64. The average molecular weight is 410 g/mol. The van der Waals surface area contributed by atoms with Crippen LogP contribution in [0.2, 0.25) is 0 Å². The van der Waals surface area contributed by atoms with E-state index in [2.05, 4.69) is 32.2 Å². The molecule has 0 bridgehead atoms. The van der Waals surface area contributed by atoms with E-state index in [1.54, 1.807) is 7.05 Å². The van der Waals surface area contributed by atoms with Crippen molar-refractivity contribution in [3.8, 4) is 0 Å². The van der Waals surface area contributed by atoms with Crippen molar-refractivity contribution in [2.45, 2.75) is 50.9 Å². The van der Waals surface area contributed by atoms with Crippen LogP contribution in [0.3, 0.4) is 0 Å². The van der Waals surface area contributed by atoms with Crippen LogP contribution in [-0.2, 0) is 22.3 Å². The number of likely N-dealkylation sites (tertiary alicyclic amines) is 1. The third-order valence-electron chi connectivity index (χ3n) is 5.20. The van der Waals surface area contributed by atoms with Crippen molar-refractivity contribution in [2.75, 3.05) is 33.7 Å². The summed E-state index contributed by atoms with van der Waals surface area (Å²) in [5.41, 5.74) is 1.79. The Bertz CT molecular complexity index is 736. The molecule has 1 heterocycles. The van der Waals surface area contributed by atoms with Crippen LogP contribution in [0.15, 0.2) is 29.3 Å². The Kier molecular flexibility index (Phi) is 9.21. The first-order valence-corrected chi connectivity index (χ1v) is 11.8. The third-order valence-corrected chi connectivity index (χ3v) is 6.53. The summed E-state index contributed by atoms with van der Waals surface area (Å²) >= 11 is 0. The molecule has 158 valence electrons. The zero-order valence-electron chi connectivity index (χ0n) is 17.4. The summed E-state index contributed by atoms with van der Waals surface area (Å²) in [5.74, 6) is 0.749. The Labute approximate surface area is 170 Å². The van der Waals surface area contributed by atoms with Crippen LogP contribution in [0.4, 0.5) is 0 Å². The predicted octanol–water partition coefficient (Wildman–Crippen LogP) is 1.67. The van der Waals surface area contributed by atoms with E-state index in [1.807, 2.05) is 24.3 Å². The number of aliphatic imine (C=N–C) groups is 1. The van der Waals surface area contributed by atoms with E-state index in [0.717, 1.165) is 36.6 Å². The fourth-order valence-corrected chi connectivity index (χ4v) is 4.27. The Morgan fingerprint density at radius 3 is 2.75 bits per heavy atom. The number of sulfonamides is 1. The lowest BCUT2D eigenvalue weighted by Crippen LogP contribution is -2.41. The van der Waals surface area contributed by atoms with E-state index in [0.29, 0.717) is 12.6 Å². The summed E-state index contributed by atoms with van der Waals surface area (Å²) < 4.78 is 25.8. The number of hydrogen-bond acceptors (Lipinski definition) is 4. The van der Waals surface area contributed by atoms with Gasteiger partial charge < -0.3 is 15.5 Å². The summed E-state index contributed by atoms with van der Waals surface area (Å²) in [4.78, 5) is 6.85. The van der Waals surface area contributed by atoms with Gasteiger partial charge in [0.25, 0.3) is 0 Å². The molecule has 8 heteroatoms. The van der Waals surface area contributed by atoms with Crippen molar-refractivity contribution in [1.82, 2.24) is 20.3 Å². The van der Waals surface area contributed by atoms with Gasteiger partial charge in [-0.25, -0.2) is 13.1 Å². The zero-order valence-corrected chi connectivity index (χ0v) is 18.2. The summed E-state index contributed by atoms with van der Waals surface area (Å²) in [6, 6.07) is 8.30. The maximum Gasteiger partial charge on any atom is 0.215 e. The van der Waals surface area contributed by atoms with Gasteiger partial charge in [-0.3, -0.25) is 4.99 Å². The first-order valence-electron chi connectivity index (χ1n) is 10.1. The van der Waals surface area contributed by atoms with E-state index in [9.17, 15) is 8.42 Å². The molecule has 0 spiro atoms. The van der Waals surface area contributed by atoms with Gasteiger partial charge in [-0.2, -0.15) is 0 Å². The molecule has 0 saturated carbocycles. The van der Waals surface area contributed by atoms with Gasteiger partial charge in [-0.1, -0.05) is 30.7 Å². The molecule has 0 radical (unpaired) electrons. The van der Waals surface area contributed by atoms with Crippen LogP contribution in [0.25, 0.3) is 0 Å². The lowest BCUT2D eigenvalue weighted by molar-refractivity contribution is 0.159. The fourth-order valence-electron chi connectivity index (χ4n) is 3.51. The molecular weight excluding hydrogens is 374 g/mol. The first-order chi connectivity index (χ1) is 13.4. The highest BCUT2D eigenvalue weighted by molar-refractivity contribution is 7.88. The number of rotatable bonds is 9. The van der Waals surface area contributed by atoms with Gasteiger partial charge >= 0.3 is 0 Å². The van der Waals surface area contributed by atoms with E-state index < -0.39 is 10.0 Å². The molecule has 1 fully saturated rings. The van der Waals surface area contributed by atoms with Crippen molar-refractivity contribution in [3.63, 3.8) is 0 Å². The normalized spacial score (nSPS) is 18.8. The summed E-state index contributed by atoms with van der Waals surface area (Å²) in [6.07, 6.45) is 5.07. The van der Waals surface area contributed by atoms with Gasteiger partial charge in [0.05, 0.1) is 5.75 Å². The Morgan fingerprint density at radius 2 is 2.04 bits per heavy atom. The number of piperidine rings is 1. The second kappa shape index (κ2) is 11.4. The molecular formula is C20H35N5O2S. The van der Waals surface area contributed by atoms with Gasteiger partial charge in [0.15, 0.2) is 5.96 Å². The molecule has 3 N–H and O–H groups in total. The van der Waals surface area contributed by atoms with Crippen LogP contribution in [0.1, 0.15) is 43.7 Å². The van der Waals surface area contributed by atoms with Crippen molar-refractivity contribution in [3.05, 3.63) is 35.4 Å². The number of guanidine groups is 1. The summed E-state index contributed by atoms with van der Waals surface area (Å²) in [5, 5.41) is 6.66. The van der Waals surface area contributed by atoms with Crippen LogP contribution < -0.4 is 15.4 Å². The SMILES string of the molecule is CN=C(NCCCN1CCCCC1C)NCc1cccc(CS(=O)(=O)NC)c1. The Balaban J connectivity index is 1.74. The molecule has 1 atom stereocenters. The molecule has 7 nitrogen and oxygen atoms in total. The second-order valence-corrected chi connectivity index (χ2v) is 9.30. The molecule has 1 saturated heterocycles. The number of hydrogen-bond donors (Lipinski definition) is 3. The minimum atomic E-state index is -3.26. The molecule has 1 unspecified atom stereocenters. The van der Waals surface area contributed by atoms with Crippen LogP contribution in [-0.4, -0.2) is 59.0 Å². The van der Waals surface area contributed by atoms with E-state index in [1.165, 1.54) is 32.9 Å². The van der Waals surface area contributed by atoms with Crippen LogP contribution in [0.5, 0.6) is 0 Å². The second-order valence-electron chi connectivity index (χ2n) is 7.37. The topological polar surface area (TPSA) is 85.8 Å². The monoisotopic (exact) mass is 409 g/mol. The first kappa shape index (κ1) is 22.6. The quantitative estimate of drug-likeness (QED) is 0.328. The highest BCUT2D eigenvalue weighted by Crippen LogP contribution is 2.16. The smallest absolute Gasteiger partial charge is 0.215 e. The van der Waals surface area contributed by atoms with Gasteiger partial charge in [-0.05, 0) is 50.9 Å². The van der Waals surface area contributed by atoms with Crippen molar-refractivity contribution in [1.29, 1.82) is 0 Å². The van der Waals surface area contributed by atoms with Crippen LogP contribution >= 0.6 is 0 Å². The summed E-state index contributed by atoms with van der Waals surface area (Å²) in [7, 11) is -0.0693. The number of nitrogens with one attached hydrogen (secondary N) is 3. The van der Waals surface area contributed by atoms with E-state index in [-0.39, 0.29) is 5.75 Å². The standard InChI is InChI=1S/C20H35N5O2S/c1-17-8-4-5-12-25(17)13-7-11-23-20(21-2)24-15-18-9-6-10-19(14-18)16-28(26,27)22-3/h6,9-10,14,17,22H,4-5,7-8,11-13,15-16H2,1-3H3,(H2,21,23,24). The molecule has 2 rings (SSSR count). The summed E-state index contributed by atoms with van der Waals surface area (Å²) in [6.45, 7) is 6.13. The van der Waals surface area contributed by atoms with Crippen LogP contribution in [0, 0.1) is 0 Å². The lowest BCUT2D eigenvalue weighted by atomic mass is 10.0. The largest absolute Gasteiger partial charge is 0.356 e. The van der Waals surface area contributed by atoms with Crippen molar-refractivity contribution >= 4 is 16.0 Å². The molecule has 1 aliphatic rings. The number of nitrogens with zero attached hydrogens (tertiary/aromatic N) is 2. The predicted molar refractivity (Wildman–Crippen MR) is 116 cm³/mol. The molecule has 0 aliphatic carbocycles. The third kappa shape index (κ3) is 7.77. The lowest BCUT2D eigenvalue weighted by Gasteiger charge is -2.33. The van der Waals surface area contributed by atoms with Gasteiger partial charge in [0.2, 0.25) is 10.0 Å². The van der Waals surface area contributed by atoms with E-state index in [4.69, 9.17) is 0 Å². The molecule has 28 heavy (non-hydrogen) atoms. The van der Waals surface area contributed by atoms with Crippen molar-refractivity contribution < 1.29 is 8.42 Å². The molecule has 1 aliphatic heterocycles. The molecule has 0 aromatic heterocycles. The fraction of sp³-hybridized carbons (Fsp3) is 0.650. The van der Waals surface area contributed by atoms with Crippen molar-refractivity contribution in [2.24, 2.45) is 4.99 Å². The highest BCUT2D eigenvalue weighted by atomic mass is 32.2. The number of benzene rings is 1. The minimum absolute atomic E-state index is 0.0146. The molecule has 1 aromatic rings. The van der Waals surface area contributed by atoms with Gasteiger partial charge in [-0.15, -0.1) is 0 Å². The Morgan fingerprint density at radius 1 is 1.25 bits per heavy atom. The zero-order chi connectivity index (χ0) is 20.4. The minimum Gasteiger partial charge on any atom is -0.356 e. The van der Waals surface area contributed by atoms with Gasteiger partial charge in [0.1, 0.15) is 0 Å². The highest BCUT2D eigenvalue weighted by Gasteiger charge is 2.17. The maximum atomic E-state index is 11.7. The van der Waals surface area contributed by atoms with Gasteiger partial charge in [0, 0.05) is 32.7 Å². The van der Waals surface area contributed by atoms with E-state index >= 15 is 0 Å². The molecule has 0 amide bonds.